The Morgan fingerprint density at radius 3 is 2.48 bits per heavy atom. The van der Waals surface area contributed by atoms with E-state index in [1.54, 1.807) is 14.0 Å². The Hall–Kier alpha value is -1.65. The fraction of sp³-hybridized carbons (Fsp3) is 0.471. The van der Waals surface area contributed by atoms with Gasteiger partial charge in [0.05, 0.1) is 25.9 Å². The van der Waals surface area contributed by atoms with E-state index >= 15 is 0 Å². The normalized spacial score (nSPS) is 14.1. The van der Waals surface area contributed by atoms with Crippen LogP contribution in [0.1, 0.15) is 32.3 Å². The van der Waals surface area contributed by atoms with E-state index in [1.807, 2.05) is 43.3 Å². The number of Topliss-reactive ketones (excluding diaryl/α,β-unsaturated/α-hetero) is 1. The van der Waals surface area contributed by atoms with Crippen LogP contribution in [0.3, 0.4) is 0 Å². The molecule has 0 saturated heterocycles. The van der Waals surface area contributed by atoms with Gasteiger partial charge in [0.1, 0.15) is 11.5 Å². The molecule has 0 amide bonds. The first-order valence-electron chi connectivity index (χ1n) is 7.12. The van der Waals surface area contributed by atoms with Gasteiger partial charge in [-0.15, -0.1) is 0 Å². The molecular formula is C17H24O4. The molecule has 0 spiro atoms. The number of allylic oxidation sites excluding steroid dienone is 1. The lowest BCUT2D eigenvalue weighted by Gasteiger charge is -2.14. The lowest BCUT2D eigenvalue weighted by Crippen LogP contribution is -2.18. The predicted molar refractivity (Wildman–Crippen MR) is 82.3 cm³/mol. The zero-order chi connectivity index (χ0) is 15.7. The van der Waals surface area contributed by atoms with Gasteiger partial charge in [-0.3, -0.25) is 4.79 Å². The second-order valence-corrected chi connectivity index (χ2v) is 5.02. The van der Waals surface area contributed by atoms with Crippen LogP contribution in [0.15, 0.2) is 36.4 Å². The average molecular weight is 292 g/mol. The number of rotatable bonds is 9. The van der Waals surface area contributed by atoms with Gasteiger partial charge in [0.25, 0.3) is 0 Å². The first-order valence-corrected chi connectivity index (χ1v) is 7.12. The monoisotopic (exact) mass is 292 g/mol. The van der Waals surface area contributed by atoms with E-state index in [9.17, 15) is 9.90 Å². The van der Waals surface area contributed by atoms with Crippen LogP contribution in [0.25, 0.3) is 0 Å². The molecule has 1 N–H and O–H groups in total. The Bertz CT molecular complexity index is 448. The van der Waals surface area contributed by atoms with Crippen LogP contribution in [0.2, 0.25) is 0 Å². The summed E-state index contributed by atoms with van der Waals surface area (Å²) >= 11 is 0. The van der Waals surface area contributed by atoms with Crippen molar-refractivity contribution in [3.05, 3.63) is 42.0 Å². The Balaban J connectivity index is 2.51. The zero-order valence-electron chi connectivity index (χ0n) is 12.9. The van der Waals surface area contributed by atoms with Gasteiger partial charge in [0.15, 0.2) is 0 Å². The van der Waals surface area contributed by atoms with Gasteiger partial charge in [-0.05, 0) is 31.5 Å². The van der Waals surface area contributed by atoms with E-state index < -0.39 is 6.10 Å². The number of carbonyl (C=O) groups is 1. The number of aliphatic hydroxyl groups excluding tert-OH is 1. The first kappa shape index (κ1) is 17.4. The fourth-order valence-electron chi connectivity index (χ4n) is 1.96. The number of hydrogen-bond donors (Lipinski definition) is 1. The molecule has 4 nitrogen and oxygen atoms in total. The average Bonchev–Trinajstić information content (AvgIpc) is 2.44. The molecule has 0 aromatic heterocycles. The van der Waals surface area contributed by atoms with Crippen LogP contribution in [0.5, 0.6) is 5.75 Å². The molecular weight excluding hydrogens is 268 g/mol. The van der Waals surface area contributed by atoms with Crippen LogP contribution in [0, 0.1) is 0 Å². The van der Waals surface area contributed by atoms with Crippen LogP contribution >= 0.6 is 0 Å². The summed E-state index contributed by atoms with van der Waals surface area (Å²) in [7, 11) is 1.63. The van der Waals surface area contributed by atoms with Gasteiger partial charge < -0.3 is 14.6 Å². The maximum Gasteiger partial charge on any atom is 0.138 e. The molecule has 1 aromatic carbocycles. The highest BCUT2D eigenvalue weighted by molar-refractivity contribution is 5.79. The van der Waals surface area contributed by atoms with Crippen molar-refractivity contribution in [1.29, 1.82) is 0 Å². The van der Waals surface area contributed by atoms with Gasteiger partial charge in [0.2, 0.25) is 0 Å². The van der Waals surface area contributed by atoms with Crippen LogP contribution in [-0.4, -0.2) is 30.2 Å². The van der Waals surface area contributed by atoms with E-state index in [4.69, 9.17) is 9.47 Å². The van der Waals surface area contributed by atoms with Crippen molar-refractivity contribution in [1.82, 2.24) is 0 Å². The standard InChI is InChI=1S/C17H24O4/c1-4-5-17(11-15(19)10-13(2)18)21-12-14-6-8-16(20-3)9-7-14/h4-9,13,17-18H,10-12H2,1-3H3/b5-4+/t13-,17-/m0/s1. The Labute approximate surface area is 126 Å². The summed E-state index contributed by atoms with van der Waals surface area (Å²) in [4.78, 5) is 11.7. The molecule has 0 fully saturated rings. The summed E-state index contributed by atoms with van der Waals surface area (Å²) in [5, 5.41) is 9.23. The zero-order valence-corrected chi connectivity index (χ0v) is 12.9. The first-order chi connectivity index (χ1) is 10.0. The quantitative estimate of drug-likeness (QED) is 0.711. The summed E-state index contributed by atoms with van der Waals surface area (Å²) < 4.78 is 10.9. The molecule has 0 bridgehead atoms. The number of benzene rings is 1. The predicted octanol–water partition coefficient (Wildman–Crippen LogP) is 2.89. The summed E-state index contributed by atoms with van der Waals surface area (Å²) in [6.07, 6.45) is 3.32. The van der Waals surface area contributed by atoms with Gasteiger partial charge in [-0.25, -0.2) is 0 Å². The highest BCUT2D eigenvalue weighted by Gasteiger charge is 2.13. The number of ketones is 1. The van der Waals surface area contributed by atoms with Gasteiger partial charge in [0, 0.05) is 12.8 Å². The van der Waals surface area contributed by atoms with Crippen molar-refractivity contribution in [3.63, 3.8) is 0 Å². The van der Waals surface area contributed by atoms with Gasteiger partial charge in [-0.1, -0.05) is 24.3 Å². The molecule has 0 aliphatic heterocycles. The highest BCUT2D eigenvalue weighted by atomic mass is 16.5. The van der Waals surface area contributed by atoms with Crippen molar-refractivity contribution in [2.24, 2.45) is 0 Å². The minimum atomic E-state index is -0.606. The Morgan fingerprint density at radius 1 is 1.29 bits per heavy atom. The molecule has 0 radical (unpaired) electrons. The molecule has 1 rings (SSSR count). The third-order valence-electron chi connectivity index (χ3n) is 2.98. The fourth-order valence-corrected chi connectivity index (χ4v) is 1.96. The molecule has 4 heteroatoms. The Morgan fingerprint density at radius 2 is 1.95 bits per heavy atom. The maximum atomic E-state index is 11.7. The molecule has 116 valence electrons. The van der Waals surface area contributed by atoms with Crippen molar-refractivity contribution in [2.75, 3.05) is 7.11 Å². The SMILES string of the molecule is C/C=C/[C@@H](CC(=O)C[C@H](C)O)OCc1ccc(OC)cc1. The van der Waals surface area contributed by atoms with Crippen LogP contribution < -0.4 is 4.74 Å². The number of carbonyl (C=O) groups excluding carboxylic acids is 1. The van der Waals surface area contributed by atoms with Gasteiger partial charge >= 0.3 is 0 Å². The van der Waals surface area contributed by atoms with Crippen LogP contribution in [-0.2, 0) is 16.1 Å². The summed E-state index contributed by atoms with van der Waals surface area (Å²) in [5.74, 6) is 0.804. The van der Waals surface area contributed by atoms with E-state index in [1.165, 1.54) is 0 Å². The maximum absolute atomic E-state index is 11.7. The highest BCUT2D eigenvalue weighted by Crippen LogP contribution is 2.14. The van der Waals surface area contributed by atoms with Crippen molar-refractivity contribution in [2.45, 2.75) is 45.5 Å². The van der Waals surface area contributed by atoms with E-state index in [0.29, 0.717) is 6.61 Å². The molecule has 0 aliphatic carbocycles. The van der Waals surface area contributed by atoms with Crippen molar-refractivity contribution >= 4 is 5.78 Å². The lowest BCUT2D eigenvalue weighted by atomic mass is 10.1. The second kappa shape index (κ2) is 9.32. The van der Waals surface area contributed by atoms with Gasteiger partial charge in [-0.2, -0.15) is 0 Å². The second-order valence-electron chi connectivity index (χ2n) is 5.02. The third-order valence-corrected chi connectivity index (χ3v) is 2.98. The number of aliphatic hydroxyl groups is 1. The Kier molecular flexibility index (Phi) is 7.72. The largest absolute Gasteiger partial charge is 0.497 e. The molecule has 1 aromatic rings. The van der Waals surface area contributed by atoms with E-state index in [-0.39, 0.29) is 24.7 Å². The number of methoxy groups -OCH3 is 1. The van der Waals surface area contributed by atoms with E-state index in [2.05, 4.69) is 0 Å². The van der Waals surface area contributed by atoms with Crippen molar-refractivity contribution in [3.8, 4) is 5.75 Å². The minimum Gasteiger partial charge on any atom is -0.497 e. The third kappa shape index (κ3) is 7.06. The summed E-state index contributed by atoms with van der Waals surface area (Å²) in [5.41, 5.74) is 1.02. The topological polar surface area (TPSA) is 55.8 Å². The molecule has 2 atom stereocenters. The molecule has 21 heavy (non-hydrogen) atoms. The summed E-state index contributed by atoms with van der Waals surface area (Å²) in [6, 6.07) is 7.62. The molecule has 0 heterocycles. The lowest BCUT2D eigenvalue weighted by molar-refractivity contribution is -0.123. The number of ether oxygens (including phenoxy) is 2. The number of hydrogen-bond acceptors (Lipinski definition) is 4. The molecule has 0 saturated carbocycles. The van der Waals surface area contributed by atoms with E-state index in [0.717, 1.165) is 11.3 Å². The summed E-state index contributed by atoms with van der Waals surface area (Å²) in [6.45, 7) is 3.94. The molecule has 0 aliphatic rings. The minimum absolute atomic E-state index is 0.00262. The smallest absolute Gasteiger partial charge is 0.138 e. The molecule has 0 unspecified atom stereocenters. The van der Waals surface area contributed by atoms with Crippen molar-refractivity contribution < 1.29 is 19.4 Å². The van der Waals surface area contributed by atoms with Crippen LogP contribution in [0.4, 0.5) is 0 Å².